The van der Waals surface area contributed by atoms with E-state index in [0.29, 0.717) is 12.0 Å². The molecule has 2 aliphatic rings. The number of allylic oxidation sites excluding steroid dienone is 1. The Bertz CT molecular complexity index is 873. The number of hydrogen-bond donors (Lipinski definition) is 2. The Balaban J connectivity index is 2.23. The minimum Gasteiger partial charge on any atom is -0.507 e. The average Bonchev–Trinajstić information content (AvgIpc) is 2.64. The number of phenolic OH excluding ortho intramolecular Hbond substituents is 1. The lowest BCUT2D eigenvalue weighted by Crippen LogP contribution is -2.45. The van der Waals surface area contributed by atoms with Crippen LogP contribution in [0.1, 0.15) is 78.0 Å². The SMILES string of the molecule is [2H]C([2H])([2H])C1(C([2H])([2H])[2H])Oc2cc(CCCCC)cc(O)c2C2C=C(C(=O)O)CCC21. The summed E-state index contributed by atoms with van der Waals surface area (Å²) in [4.78, 5) is 11.6. The number of carbonyl (C=O) groups is 1. The van der Waals surface area contributed by atoms with Crippen molar-refractivity contribution >= 4 is 5.97 Å². The van der Waals surface area contributed by atoms with Crippen LogP contribution in [0.3, 0.4) is 0 Å². The number of aromatic hydroxyl groups is 1. The van der Waals surface area contributed by atoms with Crippen molar-refractivity contribution in [3.05, 3.63) is 34.9 Å². The number of aliphatic carboxylic acids is 1. The first-order valence-electron chi connectivity index (χ1n) is 11.8. The summed E-state index contributed by atoms with van der Waals surface area (Å²) in [6, 6.07) is 3.17. The maximum Gasteiger partial charge on any atom is 0.331 e. The van der Waals surface area contributed by atoms with E-state index in [9.17, 15) is 15.0 Å². The third kappa shape index (κ3) is 3.39. The van der Waals surface area contributed by atoms with E-state index in [1.165, 1.54) is 6.08 Å². The molecular formula is C21H28O4. The van der Waals surface area contributed by atoms with Crippen molar-refractivity contribution in [2.75, 3.05) is 0 Å². The van der Waals surface area contributed by atoms with Crippen LogP contribution in [-0.4, -0.2) is 21.8 Å². The molecule has 0 spiro atoms. The second-order valence-electron chi connectivity index (χ2n) is 6.99. The topological polar surface area (TPSA) is 66.8 Å². The number of benzene rings is 1. The Kier molecular flexibility index (Phi) is 3.13. The first-order valence-corrected chi connectivity index (χ1v) is 8.82. The van der Waals surface area contributed by atoms with E-state index in [4.69, 9.17) is 13.0 Å². The van der Waals surface area contributed by atoms with Gasteiger partial charge in [-0.05, 0) is 57.1 Å². The summed E-state index contributed by atoms with van der Waals surface area (Å²) in [5, 5.41) is 20.3. The van der Waals surface area contributed by atoms with Crippen LogP contribution < -0.4 is 4.74 Å². The highest BCUT2D eigenvalue weighted by atomic mass is 16.5. The molecule has 1 aliphatic carbocycles. The smallest absolute Gasteiger partial charge is 0.331 e. The quantitative estimate of drug-likeness (QED) is 0.749. The van der Waals surface area contributed by atoms with Crippen LogP contribution in [0, 0.1) is 5.92 Å². The van der Waals surface area contributed by atoms with Gasteiger partial charge in [-0.15, -0.1) is 0 Å². The van der Waals surface area contributed by atoms with Gasteiger partial charge in [-0.25, -0.2) is 4.79 Å². The summed E-state index contributed by atoms with van der Waals surface area (Å²) in [5.74, 6) is -3.21. The predicted molar refractivity (Wildman–Crippen MR) is 97.2 cm³/mol. The highest BCUT2D eigenvalue weighted by molar-refractivity contribution is 5.87. The molecule has 4 nitrogen and oxygen atoms in total. The van der Waals surface area contributed by atoms with Crippen LogP contribution in [0.5, 0.6) is 11.5 Å². The van der Waals surface area contributed by atoms with Gasteiger partial charge in [0.2, 0.25) is 0 Å². The van der Waals surface area contributed by atoms with Crippen LogP contribution in [0.2, 0.25) is 0 Å². The number of phenols is 1. The number of fused-ring (bicyclic) bond motifs is 3. The maximum absolute atomic E-state index is 11.6. The fraction of sp³-hybridized carbons (Fsp3) is 0.571. The van der Waals surface area contributed by atoms with Crippen LogP contribution in [0.25, 0.3) is 0 Å². The normalized spacial score (nSPS) is 28.4. The predicted octanol–water partition coefficient (Wildman–Crippen LogP) is 4.80. The van der Waals surface area contributed by atoms with Gasteiger partial charge >= 0.3 is 5.97 Å². The largest absolute Gasteiger partial charge is 0.507 e. The van der Waals surface area contributed by atoms with E-state index in [1.807, 2.05) is 0 Å². The molecular weight excluding hydrogens is 316 g/mol. The number of carboxylic acid groups (broad SMARTS) is 1. The van der Waals surface area contributed by atoms with E-state index < -0.39 is 37.1 Å². The monoisotopic (exact) mass is 350 g/mol. The molecule has 0 fully saturated rings. The molecule has 1 aliphatic heterocycles. The Morgan fingerprint density at radius 1 is 1.40 bits per heavy atom. The molecule has 1 heterocycles. The molecule has 2 atom stereocenters. The molecule has 0 saturated heterocycles. The molecule has 0 saturated carbocycles. The standard InChI is InChI=1S/C21H28O4/c1-4-5-6-7-13-10-17(22)19-15-12-14(20(23)24)8-9-16(15)21(2,3)25-18(19)11-13/h10-12,15-16,22H,4-9H2,1-3H3,(H,23,24)/i2D3,3D3. The van der Waals surface area contributed by atoms with Crippen molar-refractivity contribution in [2.45, 2.75) is 70.7 Å². The first kappa shape index (κ1) is 11.6. The number of ether oxygens (including phenoxy) is 1. The third-order valence-corrected chi connectivity index (χ3v) is 5.19. The number of carboxylic acids is 1. The minimum absolute atomic E-state index is 0.00267. The van der Waals surface area contributed by atoms with Gasteiger partial charge in [-0.1, -0.05) is 25.8 Å². The zero-order valence-electron chi connectivity index (χ0n) is 20.3. The van der Waals surface area contributed by atoms with Gasteiger partial charge in [0.15, 0.2) is 0 Å². The highest BCUT2D eigenvalue weighted by Gasteiger charge is 2.46. The molecule has 2 N–H and O–H groups in total. The van der Waals surface area contributed by atoms with Crippen LogP contribution in [0.4, 0.5) is 0 Å². The van der Waals surface area contributed by atoms with Crippen LogP contribution in [-0.2, 0) is 11.2 Å². The van der Waals surface area contributed by atoms with Crippen LogP contribution in [0.15, 0.2) is 23.8 Å². The lowest BCUT2D eigenvalue weighted by molar-refractivity contribution is -0.133. The second-order valence-corrected chi connectivity index (χ2v) is 6.99. The summed E-state index contributed by atoms with van der Waals surface area (Å²) in [7, 11) is 0. The summed E-state index contributed by atoms with van der Waals surface area (Å²) in [6.45, 7) is -3.94. The lowest BCUT2D eigenvalue weighted by Gasteiger charge is -2.46. The van der Waals surface area contributed by atoms with Gasteiger partial charge in [-0.2, -0.15) is 0 Å². The van der Waals surface area contributed by atoms with Gasteiger partial charge in [-0.3, -0.25) is 0 Å². The fourth-order valence-electron chi connectivity index (χ4n) is 3.89. The number of unbranched alkanes of at least 4 members (excludes halogenated alkanes) is 2. The maximum atomic E-state index is 11.6. The van der Waals surface area contributed by atoms with E-state index in [2.05, 4.69) is 6.92 Å². The number of rotatable bonds is 5. The van der Waals surface area contributed by atoms with Crippen molar-refractivity contribution in [2.24, 2.45) is 5.92 Å². The molecule has 0 aromatic heterocycles. The Morgan fingerprint density at radius 2 is 2.20 bits per heavy atom. The van der Waals surface area contributed by atoms with E-state index in [-0.39, 0.29) is 35.5 Å². The summed E-state index contributed by atoms with van der Waals surface area (Å²) in [5.41, 5.74) is -1.46. The summed E-state index contributed by atoms with van der Waals surface area (Å²) in [6.07, 6.45) is 4.88. The molecule has 1 aromatic carbocycles. The summed E-state index contributed by atoms with van der Waals surface area (Å²) < 4.78 is 54.6. The van der Waals surface area contributed by atoms with E-state index >= 15 is 0 Å². The zero-order chi connectivity index (χ0) is 23.2. The first-order chi connectivity index (χ1) is 14.3. The van der Waals surface area contributed by atoms with E-state index in [1.54, 1.807) is 12.1 Å². The molecule has 3 rings (SSSR count). The molecule has 25 heavy (non-hydrogen) atoms. The Morgan fingerprint density at radius 3 is 2.88 bits per heavy atom. The average molecular weight is 350 g/mol. The molecule has 2 unspecified atom stereocenters. The van der Waals surface area contributed by atoms with Gasteiger partial charge in [0, 0.05) is 31.2 Å². The fourth-order valence-corrected chi connectivity index (χ4v) is 3.89. The van der Waals surface area contributed by atoms with Crippen molar-refractivity contribution in [1.29, 1.82) is 0 Å². The van der Waals surface area contributed by atoms with Crippen molar-refractivity contribution in [3.63, 3.8) is 0 Å². The van der Waals surface area contributed by atoms with Gasteiger partial charge in [0.1, 0.15) is 17.1 Å². The molecule has 4 heteroatoms. The highest BCUT2D eigenvalue weighted by Crippen LogP contribution is 2.53. The van der Waals surface area contributed by atoms with Gasteiger partial charge in [0.25, 0.3) is 0 Å². The molecule has 0 bridgehead atoms. The van der Waals surface area contributed by atoms with Gasteiger partial charge in [0.05, 0.1) is 0 Å². The van der Waals surface area contributed by atoms with Crippen molar-refractivity contribution in [1.82, 2.24) is 0 Å². The third-order valence-electron chi connectivity index (χ3n) is 5.19. The minimum atomic E-state index is -3.00. The zero-order valence-corrected chi connectivity index (χ0v) is 14.3. The molecule has 136 valence electrons. The summed E-state index contributed by atoms with van der Waals surface area (Å²) >= 11 is 0. The number of aryl methyl sites for hydroxylation is 1. The number of hydrogen-bond acceptors (Lipinski definition) is 3. The van der Waals surface area contributed by atoms with Crippen LogP contribution >= 0.6 is 0 Å². The van der Waals surface area contributed by atoms with Crippen molar-refractivity contribution < 1.29 is 28.0 Å². The van der Waals surface area contributed by atoms with Gasteiger partial charge < -0.3 is 14.9 Å². The Hall–Kier alpha value is -1.97. The van der Waals surface area contributed by atoms with Crippen molar-refractivity contribution in [3.8, 4) is 11.5 Å². The second kappa shape index (κ2) is 6.74. The molecule has 0 radical (unpaired) electrons. The Labute approximate surface area is 157 Å². The molecule has 0 amide bonds. The lowest BCUT2D eigenvalue weighted by atomic mass is 9.67. The molecule has 1 aromatic rings. The van der Waals surface area contributed by atoms with E-state index in [0.717, 1.165) is 19.3 Å².